The van der Waals surface area contributed by atoms with Crippen LogP contribution in [0, 0.1) is 5.41 Å². The van der Waals surface area contributed by atoms with E-state index in [1.54, 1.807) is 27.7 Å². The zero-order valence-electron chi connectivity index (χ0n) is 9.09. The first-order chi connectivity index (χ1) is 6.30. The van der Waals surface area contributed by atoms with Crippen LogP contribution in [0.2, 0.25) is 0 Å². The van der Waals surface area contributed by atoms with Crippen molar-refractivity contribution < 1.29 is 18.7 Å². The molecule has 1 atom stereocenters. The van der Waals surface area contributed by atoms with E-state index in [0.717, 1.165) is 0 Å². The van der Waals surface area contributed by atoms with Gasteiger partial charge in [0.05, 0.1) is 6.61 Å². The van der Waals surface area contributed by atoms with Crippen molar-refractivity contribution in [2.75, 3.05) is 6.61 Å². The van der Waals surface area contributed by atoms with Crippen molar-refractivity contribution in [3.63, 3.8) is 0 Å². The normalized spacial score (nSPS) is 13.5. The van der Waals surface area contributed by atoms with E-state index in [9.17, 15) is 14.0 Å². The Hall–Kier alpha value is -0.930. The summed E-state index contributed by atoms with van der Waals surface area (Å²) in [6, 6.07) is 0. The van der Waals surface area contributed by atoms with Crippen molar-refractivity contribution in [1.82, 2.24) is 0 Å². The van der Waals surface area contributed by atoms with E-state index in [1.807, 2.05) is 0 Å². The summed E-state index contributed by atoms with van der Waals surface area (Å²) in [4.78, 5) is 22.3. The van der Waals surface area contributed by atoms with Gasteiger partial charge in [0.25, 0.3) is 6.17 Å². The van der Waals surface area contributed by atoms with E-state index in [0.29, 0.717) is 6.42 Å². The van der Waals surface area contributed by atoms with Crippen LogP contribution in [0.1, 0.15) is 34.1 Å². The molecule has 0 saturated carbocycles. The molecule has 0 aromatic heterocycles. The van der Waals surface area contributed by atoms with Gasteiger partial charge in [0, 0.05) is 5.41 Å². The molecule has 0 aliphatic heterocycles. The molecule has 0 N–H and O–H groups in total. The maximum absolute atomic E-state index is 13.2. The highest BCUT2D eigenvalue weighted by Gasteiger charge is 2.35. The van der Waals surface area contributed by atoms with Gasteiger partial charge in [-0.2, -0.15) is 0 Å². The minimum atomic E-state index is -2.15. The molecule has 0 aliphatic rings. The van der Waals surface area contributed by atoms with Gasteiger partial charge >= 0.3 is 5.97 Å². The van der Waals surface area contributed by atoms with Gasteiger partial charge < -0.3 is 4.74 Å². The second-order valence-electron chi connectivity index (χ2n) is 4.14. The minimum Gasteiger partial charge on any atom is -0.463 e. The predicted molar refractivity (Wildman–Crippen MR) is 50.6 cm³/mol. The molecule has 0 bridgehead atoms. The molecule has 0 fully saturated rings. The molecule has 3 nitrogen and oxygen atoms in total. The number of rotatable bonds is 4. The zero-order chi connectivity index (χ0) is 11.4. The molecule has 1 unspecified atom stereocenters. The molecular formula is C10H17FO3. The Balaban J connectivity index is 4.26. The summed E-state index contributed by atoms with van der Waals surface area (Å²) in [7, 11) is 0. The van der Waals surface area contributed by atoms with Crippen molar-refractivity contribution in [3.05, 3.63) is 0 Å². The van der Waals surface area contributed by atoms with Crippen molar-refractivity contribution >= 4 is 11.8 Å². The number of hydrogen-bond acceptors (Lipinski definition) is 3. The number of ketones is 1. The van der Waals surface area contributed by atoms with Crippen molar-refractivity contribution in [3.8, 4) is 0 Å². The number of carbonyl (C=O) groups excluding carboxylic acids is 2. The van der Waals surface area contributed by atoms with E-state index in [4.69, 9.17) is 0 Å². The SMILES string of the molecule is CCCOC(=O)C(F)C(=O)C(C)(C)C. The highest BCUT2D eigenvalue weighted by molar-refractivity contribution is 6.04. The lowest BCUT2D eigenvalue weighted by Gasteiger charge is -2.18. The lowest BCUT2D eigenvalue weighted by Crippen LogP contribution is -2.36. The van der Waals surface area contributed by atoms with Gasteiger partial charge in [-0.3, -0.25) is 4.79 Å². The highest BCUT2D eigenvalue weighted by atomic mass is 19.1. The van der Waals surface area contributed by atoms with Gasteiger partial charge in [-0.15, -0.1) is 0 Å². The molecule has 82 valence electrons. The fourth-order valence-electron chi connectivity index (χ4n) is 0.763. The molecule has 14 heavy (non-hydrogen) atoms. The smallest absolute Gasteiger partial charge is 0.348 e. The zero-order valence-corrected chi connectivity index (χ0v) is 9.09. The molecule has 0 rings (SSSR count). The molecule has 0 amide bonds. The topological polar surface area (TPSA) is 43.4 Å². The van der Waals surface area contributed by atoms with Crippen LogP contribution in [-0.2, 0) is 14.3 Å². The van der Waals surface area contributed by atoms with Crippen molar-refractivity contribution in [1.29, 1.82) is 0 Å². The summed E-state index contributed by atoms with van der Waals surface area (Å²) in [5.74, 6) is -1.81. The van der Waals surface area contributed by atoms with Gasteiger partial charge in [-0.05, 0) is 6.42 Å². The van der Waals surface area contributed by atoms with Crippen molar-refractivity contribution in [2.24, 2.45) is 5.41 Å². The molecule has 0 aromatic carbocycles. The predicted octanol–water partition coefficient (Wildman–Crippen LogP) is 1.89. The fourth-order valence-corrected chi connectivity index (χ4v) is 0.763. The van der Waals surface area contributed by atoms with Crippen molar-refractivity contribution in [2.45, 2.75) is 40.3 Å². The quantitative estimate of drug-likeness (QED) is 0.519. The molecule has 0 spiro atoms. The first-order valence-electron chi connectivity index (χ1n) is 4.65. The van der Waals surface area contributed by atoms with Crippen LogP contribution in [0.5, 0.6) is 0 Å². The van der Waals surface area contributed by atoms with Crippen LogP contribution in [0.4, 0.5) is 4.39 Å². The van der Waals surface area contributed by atoms with Crippen LogP contribution < -0.4 is 0 Å². The number of ether oxygens (including phenoxy) is 1. The largest absolute Gasteiger partial charge is 0.463 e. The van der Waals surface area contributed by atoms with E-state index in [1.165, 1.54) is 0 Å². The van der Waals surface area contributed by atoms with Gasteiger partial charge in [-0.1, -0.05) is 27.7 Å². The van der Waals surface area contributed by atoms with E-state index < -0.39 is 23.3 Å². The lowest BCUT2D eigenvalue weighted by molar-refractivity contribution is -0.155. The second kappa shape index (κ2) is 5.08. The van der Waals surface area contributed by atoms with E-state index >= 15 is 0 Å². The third-order valence-corrected chi connectivity index (χ3v) is 1.62. The Morgan fingerprint density at radius 3 is 2.21 bits per heavy atom. The summed E-state index contributed by atoms with van der Waals surface area (Å²) >= 11 is 0. The van der Waals surface area contributed by atoms with Gasteiger partial charge in [0.1, 0.15) is 0 Å². The standard InChI is InChI=1S/C10H17FO3/c1-5-6-14-9(13)7(11)8(12)10(2,3)4/h7H,5-6H2,1-4H3. The number of Topliss-reactive ketones (excluding diaryl/α,β-unsaturated/α-hetero) is 1. The first-order valence-corrected chi connectivity index (χ1v) is 4.65. The number of hydrogen-bond donors (Lipinski definition) is 0. The second-order valence-corrected chi connectivity index (χ2v) is 4.14. The van der Waals surface area contributed by atoms with Crippen LogP contribution >= 0.6 is 0 Å². The van der Waals surface area contributed by atoms with Gasteiger partial charge in [0.15, 0.2) is 5.78 Å². The summed E-state index contributed by atoms with van der Waals surface area (Å²) in [6.45, 7) is 6.64. The maximum Gasteiger partial charge on any atom is 0.348 e. The third-order valence-electron chi connectivity index (χ3n) is 1.62. The Morgan fingerprint density at radius 2 is 1.86 bits per heavy atom. The van der Waals surface area contributed by atoms with Crippen LogP contribution in [0.15, 0.2) is 0 Å². The van der Waals surface area contributed by atoms with E-state index in [-0.39, 0.29) is 6.61 Å². The van der Waals surface area contributed by atoms with E-state index in [2.05, 4.69) is 4.74 Å². The number of alkyl halides is 1. The number of halogens is 1. The fraction of sp³-hybridized carbons (Fsp3) is 0.800. The summed E-state index contributed by atoms with van der Waals surface area (Å²) in [6.07, 6.45) is -1.54. The third kappa shape index (κ3) is 3.85. The molecule has 0 heterocycles. The van der Waals surface area contributed by atoms with Crippen LogP contribution in [-0.4, -0.2) is 24.5 Å². The number of esters is 1. The monoisotopic (exact) mass is 204 g/mol. The minimum absolute atomic E-state index is 0.149. The maximum atomic E-state index is 13.2. The van der Waals surface area contributed by atoms with Gasteiger partial charge in [-0.25, -0.2) is 9.18 Å². The number of carbonyl (C=O) groups is 2. The Bertz CT molecular complexity index is 218. The summed E-state index contributed by atoms with van der Waals surface area (Å²) in [5, 5.41) is 0. The lowest BCUT2D eigenvalue weighted by atomic mass is 9.88. The summed E-state index contributed by atoms with van der Waals surface area (Å²) < 4.78 is 17.7. The summed E-state index contributed by atoms with van der Waals surface area (Å²) in [5.41, 5.74) is -0.856. The average Bonchev–Trinajstić information content (AvgIpc) is 2.10. The molecular weight excluding hydrogens is 187 g/mol. The Kier molecular flexibility index (Phi) is 4.74. The van der Waals surface area contributed by atoms with Crippen LogP contribution in [0.25, 0.3) is 0 Å². The van der Waals surface area contributed by atoms with Crippen LogP contribution in [0.3, 0.4) is 0 Å². The molecule has 4 heteroatoms. The first kappa shape index (κ1) is 13.1. The van der Waals surface area contributed by atoms with Gasteiger partial charge in [0.2, 0.25) is 0 Å². The molecule has 0 aliphatic carbocycles. The Labute approximate surface area is 83.6 Å². The highest BCUT2D eigenvalue weighted by Crippen LogP contribution is 2.19. The molecule has 0 saturated heterocycles. The molecule has 0 aromatic rings. The molecule has 0 radical (unpaired) electrons. The Morgan fingerprint density at radius 1 is 1.36 bits per heavy atom. The average molecular weight is 204 g/mol.